The maximum atomic E-state index is 10.4. The molecule has 1 rings (SSSR count). The smallest absolute Gasteiger partial charge is 0.231 e. The fraction of sp³-hybridized carbons (Fsp3) is 0.222. The Bertz CT molecular complexity index is 369. The predicted octanol–water partition coefficient (Wildman–Crippen LogP) is -0.472. The summed E-state index contributed by atoms with van der Waals surface area (Å²) in [4.78, 5) is 14.3. The predicted molar refractivity (Wildman–Crippen MR) is 49.9 cm³/mol. The van der Waals surface area contributed by atoms with E-state index in [1.54, 1.807) is 18.3 Å². The highest BCUT2D eigenvalue weighted by atomic mass is 16.1. The monoisotopic (exact) mass is 190 g/mol. The molecule has 5 heteroatoms. The van der Waals surface area contributed by atoms with Gasteiger partial charge in [-0.05, 0) is 6.07 Å². The molecular formula is C9H10N4O. The van der Waals surface area contributed by atoms with E-state index >= 15 is 0 Å². The van der Waals surface area contributed by atoms with Gasteiger partial charge in [-0.15, -0.1) is 0 Å². The third-order valence-electron chi connectivity index (χ3n) is 1.61. The molecule has 0 aromatic carbocycles. The van der Waals surface area contributed by atoms with Gasteiger partial charge in [-0.25, -0.2) is 4.98 Å². The average Bonchev–Trinajstić information content (AvgIpc) is 2.18. The highest BCUT2D eigenvalue weighted by Crippen LogP contribution is 2.02. The molecule has 0 bridgehead atoms. The topological polar surface area (TPSA) is 91.8 Å². The van der Waals surface area contributed by atoms with Crippen LogP contribution in [0.4, 0.5) is 0 Å². The molecule has 0 atom stereocenters. The number of carbonyl (C=O) groups excluding carboxylic acids is 1. The number of aromatic nitrogens is 1. The largest absolute Gasteiger partial charge is 0.369 e. The fourth-order valence-electron chi connectivity index (χ4n) is 1.00. The molecule has 0 radical (unpaired) electrons. The molecule has 5 nitrogen and oxygen atoms in total. The quantitative estimate of drug-likeness (QED) is 0.671. The van der Waals surface area contributed by atoms with E-state index in [-0.39, 0.29) is 6.54 Å². The number of carbonyl (C=O) groups is 1. The van der Waals surface area contributed by atoms with Crippen LogP contribution in [-0.2, 0) is 11.3 Å². The molecule has 0 spiro atoms. The Morgan fingerprint density at radius 2 is 2.50 bits per heavy atom. The molecule has 1 heterocycles. The van der Waals surface area contributed by atoms with Gasteiger partial charge in [0.25, 0.3) is 0 Å². The van der Waals surface area contributed by atoms with E-state index in [0.717, 1.165) is 5.56 Å². The lowest BCUT2D eigenvalue weighted by Crippen LogP contribution is -2.28. The van der Waals surface area contributed by atoms with E-state index in [9.17, 15) is 4.79 Å². The zero-order chi connectivity index (χ0) is 10.4. The molecule has 0 saturated heterocycles. The van der Waals surface area contributed by atoms with Gasteiger partial charge in [-0.1, -0.05) is 6.07 Å². The third kappa shape index (κ3) is 2.84. The number of hydrogen-bond donors (Lipinski definition) is 2. The van der Waals surface area contributed by atoms with Crippen molar-refractivity contribution in [3.63, 3.8) is 0 Å². The first-order valence-electron chi connectivity index (χ1n) is 4.07. The van der Waals surface area contributed by atoms with E-state index in [1.165, 1.54) is 0 Å². The summed E-state index contributed by atoms with van der Waals surface area (Å²) >= 11 is 0. The summed E-state index contributed by atoms with van der Waals surface area (Å²) in [5, 5.41) is 11.5. The second kappa shape index (κ2) is 4.94. The van der Waals surface area contributed by atoms with Crippen LogP contribution in [0.25, 0.3) is 0 Å². The van der Waals surface area contributed by atoms with Crippen LogP contribution >= 0.6 is 0 Å². The normalized spacial score (nSPS) is 9.36. The van der Waals surface area contributed by atoms with Gasteiger partial charge in [-0.2, -0.15) is 5.26 Å². The van der Waals surface area contributed by atoms with Crippen molar-refractivity contribution in [2.75, 3.05) is 6.54 Å². The van der Waals surface area contributed by atoms with Gasteiger partial charge < -0.3 is 11.1 Å². The molecular weight excluding hydrogens is 180 g/mol. The van der Waals surface area contributed by atoms with Crippen molar-refractivity contribution in [2.45, 2.75) is 6.54 Å². The van der Waals surface area contributed by atoms with Gasteiger partial charge >= 0.3 is 0 Å². The van der Waals surface area contributed by atoms with Crippen molar-refractivity contribution >= 4 is 5.91 Å². The lowest BCUT2D eigenvalue weighted by Gasteiger charge is -2.02. The number of nitrogens with one attached hydrogen (secondary N) is 1. The lowest BCUT2D eigenvalue weighted by molar-refractivity contribution is -0.117. The van der Waals surface area contributed by atoms with Crippen molar-refractivity contribution in [3.05, 3.63) is 29.6 Å². The Kier molecular flexibility index (Phi) is 3.58. The number of nitriles is 1. The average molecular weight is 190 g/mol. The molecule has 0 aliphatic rings. The van der Waals surface area contributed by atoms with E-state index in [2.05, 4.69) is 10.3 Å². The first-order valence-corrected chi connectivity index (χ1v) is 4.07. The molecule has 0 fully saturated rings. The summed E-state index contributed by atoms with van der Waals surface area (Å²) in [5.74, 6) is -0.424. The number of primary amides is 1. The first-order chi connectivity index (χ1) is 6.74. The number of nitrogens with zero attached hydrogens (tertiary/aromatic N) is 2. The second-order valence-electron chi connectivity index (χ2n) is 2.69. The van der Waals surface area contributed by atoms with E-state index < -0.39 is 5.91 Å². The molecule has 1 aromatic rings. The number of rotatable bonds is 4. The van der Waals surface area contributed by atoms with Gasteiger partial charge in [0.2, 0.25) is 5.91 Å². The van der Waals surface area contributed by atoms with E-state index in [1.807, 2.05) is 6.07 Å². The Labute approximate surface area is 81.6 Å². The standard InChI is InChI=1S/C9H10N4O/c10-4-8-7(2-1-3-13-8)5-12-6-9(11)14/h1-3,12H,5-6H2,(H2,11,14). The Balaban J connectivity index is 2.59. The molecule has 1 aromatic heterocycles. The number of pyridine rings is 1. The molecule has 3 N–H and O–H groups in total. The van der Waals surface area contributed by atoms with Crippen molar-refractivity contribution in [1.82, 2.24) is 10.3 Å². The Morgan fingerprint density at radius 1 is 1.71 bits per heavy atom. The molecule has 14 heavy (non-hydrogen) atoms. The molecule has 0 aliphatic heterocycles. The van der Waals surface area contributed by atoms with Crippen molar-refractivity contribution in [3.8, 4) is 6.07 Å². The van der Waals surface area contributed by atoms with Crippen LogP contribution < -0.4 is 11.1 Å². The summed E-state index contributed by atoms with van der Waals surface area (Å²) in [6, 6.07) is 5.48. The Hall–Kier alpha value is -1.93. The van der Waals surface area contributed by atoms with Crippen LogP contribution in [0.3, 0.4) is 0 Å². The van der Waals surface area contributed by atoms with Gasteiger partial charge in [0.15, 0.2) is 0 Å². The minimum Gasteiger partial charge on any atom is -0.369 e. The first kappa shape index (κ1) is 10.2. The lowest BCUT2D eigenvalue weighted by atomic mass is 10.2. The maximum Gasteiger partial charge on any atom is 0.231 e. The summed E-state index contributed by atoms with van der Waals surface area (Å²) < 4.78 is 0. The van der Waals surface area contributed by atoms with Crippen LogP contribution in [0.15, 0.2) is 18.3 Å². The highest BCUT2D eigenvalue weighted by Gasteiger charge is 2.01. The van der Waals surface area contributed by atoms with Crippen LogP contribution in [0, 0.1) is 11.3 Å². The molecule has 0 unspecified atom stereocenters. The summed E-state index contributed by atoms with van der Waals surface area (Å²) in [6.45, 7) is 0.513. The third-order valence-corrected chi connectivity index (χ3v) is 1.61. The SMILES string of the molecule is N#Cc1ncccc1CNCC(N)=O. The van der Waals surface area contributed by atoms with Gasteiger partial charge in [0.1, 0.15) is 11.8 Å². The zero-order valence-corrected chi connectivity index (χ0v) is 7.53. The van der Waals surface area contributed by atoms with Gasteiger partial charge in [0.05, 0.1) is 6.54 Å². The van der Waals surface area contributed by atoms with Crippen molar-refractivity contribution < 1.29 is 4.79 Å². The number of hydrogen-bond acceptors (Lipinski definition) is 4. The zero-order valence-electron chi connectivity index (χ0n) is 7.53. The number of amides is 1. The van der Waals surface area contributed by atoms with Crippen molar-refractivity contribution in [2.24, 2.45) is 5.73 Å². The summed E-state index contributed by atoms with van der Waals surface area (Å²) in [6.07, 6.45) is 1.55. The minimum absolute atomic E-state index is 0.0970. The summed E-state index contributed by atoms with van der Waals surface area (Å²) in [7, 11) is 0. The molecule has 0 aliphatic carbocycles. The fourth-order valence-corrected chi connectivity index (χ4v) is 1.00. The number of nitrogens with two attached hydrogens (primary N) is 1. The van der Waals surface area contributed by atoms with E-state index in [4.69, 9.17) is 11.0 Å². The molecule has 0 saturated carbocycles. The maximum absolute atomic E-state index is 10.4. The van der Waals surface area contributed by atoms with Crippen molar-refractivity contribution in [1.29, 1.82) is 5.26 Å². The van der Waals surface area contributed by atoms with Gasteiger partial charge in [0, 0.05) is 18.3 Å². The van der Waals surface area contributed by atoms with E-state index in [0.29, 0.717) is 12.2 Å². The van der Waals surface area contributed by atoms with Crippen LogP contribution in [-0.4, -0.2) is 17.4 Å². The van der Waals surface area contributed by atoms with Crippen LogP contribution in [0.1, 0.15) is 11.3 Å². The Morgan fingerprint density at radius 3 is 3.14 bits per heavy atom. The second-order valence-corrected chi connectivity index (χ2v) is 2.69. The molecule has 72 valence electrons. The van der Waals surface area contributed by atoms with Crippen LogP contribution in [0.5, 0.6) is 0 Å². The molecule has 1 amide bonds. The van der Waals surface area contributed by atoms with Gasteiger partial charge in [-0.3, -0.25) is 4.79 Å². The summed E-state index contributed by atoms with van der Waals surface area (Å²) in [5.41, 5.74) is 6.07. The minimum atomic E-state index is -0.424. The van der Waals surface area contributed by atoms with Crippen LogP contribution in [0.2, 0.25) is 0 Å². The highest BCUT2D eigenvalue weighted by molar-refractivity contribution is 5.75.